The summed E-state index contributed by atoms with van der Waals surface area (Å²) in [6.45, 7) is 4.69. The molecular formula is C16H19NO6. The van der Waals surface area contributed by atoms with Crippen molar-refractivity contribution in [2.45, 2.75) is 26.1 Å². The van der Waals surface area contributed by atoms with Crippen LogP contribution >= 0.6 is 0 Å². The Labute approximate surface area is 134 Å². The van der Waals surface area contributed by atoms with Crippen molar-refractivity contribution in [1.82, 2.24) is 4.90 Å². The first kappa shape index (κ1) is 15.6. The number of fused-ring (bicyclic) bond motifs is 1. The van der Waals surface area contributed by atoms with E-state index in [1.807, 2.05) is 13.8 Å². The van der Waals surface area contributed by atoms with Crippen LogP contribution in [-0.2, 0) is 14.3 Å². The lowest BCUT2D eigenvalue weighted by molar-refractivity contribution is -0.146. The van der Waals surface area contributed by atoms with Gasteiger partial charge in [-0.05, 0) is 32.0 Å². The van der Waals surface area contributed by atoms with Crippen molar-refractivity contribution in [3.63, 3.8) is 0 Å². The Morgan fingerprint density at radius 1 is 1.17 bits per heavy atom. The molecule has 23 heavy (non-hydrogen) atoms. The summed E-state index contributed by atoms with van der Waals surface area (Å²) < 4.78 is 21.1. The fourth-order valence-electron chi connectivity index (χ4n) is 2.71. The molecule has 1 aromatic rings. The maximum absolute atomic E-state index is 12.2. The molecule has 124 valence electrons. The lowest BCUT2D eigenvalue weighted by Gasteiger charge is -2.35. The molecule has 3 rings (SSSR count). The van der Waals surface area contributed by atoms with E-state index >= 15 is 0 Å². The van der Waals surface area contributed by atoms with Gasteiger partial charge in [0.15, 0.2) is 18.1 Å². The summed E-state index contributed by atoms with van der Waals surface area (Å²) in [6, 6.07) is 4.78. The summed E-state index contributed by atoms with van der Waals surface area (Å²) >= 11 is 0. The Balaban J connectivity index is 1.55. The number of esters is 1. The van der Waals surface area contributed by atoms with Crippen molar-refractivity contribution < 1.29 is 28.5 Å². The van der Waals surface area contributed by atoms with Crippen molar-refractivity contribution in [2.24, 2.45) is 0 Å². The number of rotatable bonds is 3. The second-order valence-corrected chi connectivity index (χ2v) is 5.70. The molecule has 1 fully saturated rings. The number of benzene rings is 1. The van der Waals surface area contributed by atoms with Crippen molar-refractivity contribution >= 4 is 11.9 Å². The molecule has 0 bridgehead atoms. The Bertz CT molecular complexity index is 607. The zero-order valence-corrected chi connectivity index (χ0v) is 13.1. The van der Waals surface area contributed by atoms with Gasteiger partial charge in [0.05, 0.1) is 17.8 Å². The number of nitrogens with zero attached hydrogens (tertiary/aromatic N) is 1. The van der Waals surface area contributed by atoms with Crippen molar-refractivity contribution in [3.05, 3.63) is 23.8 Å². The fraction of sp³-hybridized carbons (Fsp3) is 0.500. The number of ether oxygens (including phenoxy) is 4. The lowest BCUT2D eigenvalue weighted by atomic mass is 10.2. The minimum atomic E-state index is -0.564. The fourth-order valence-corrected chi connectivity index (χ4v) is 2.71. The first-order valence-electron chi connectivity index (χ1n) is 7.53. The molecule has 0 radical (unpaired) electrons. The second kappa shape index (κ2) is 6.45. The minimum Gasteiger partial charge on any atom is -0.454 e. The third-order valence-corrected chi connectivity index (χ3v) is 3.71. The molecule has 0 spiro atoms. The molecule has 1 amide bonds. The van der Waals surface area contributed by atoms with Gasteiger partial charge < -0.3 is 23.8 Å². The van der Waals surface area contributed by atoms with Crippen LogP contribution < -0.4 is 9.47 Å². The number of hydrogen-bond donors (Lipinski definition) is 0. The predicted octanol–water partition coefficient (Wildman–Crippen LogP) is 1.21. The number of morpholine rings is 1. The summed E-state index contributed by atoms with van der Waals surface area (Å²) in [6.07, 6.45) is -0.0421. The highest BCUT2D eigenvalue weighted by molar-refractivity contribution is 5.92. The Morgan fingerprint density at radius 3 is 2.61 bits per heavy atom. The van der Waals surface area contributed by atoms with Crippen LogP contribution in [0, 0.1) is 0 Å². The maximum atomic E-state index is 12.2. The monoisotopic (exact) mass is 321 g/mol. The molecule has 2 heterocycles. The number of hydrogen-bond acceptors (Lipinski definition) is 6. The van der Waals surface area contributed by atoms with Crippen LogP contribution in [0.25, 0.3) is 0 Å². The maximum Gasteiger partial charge on any atom is 0.338 e. The molecular weight excluding hydrogens is 302 g/mol. The number of carbonyl (C=O) groups excluding carboxylic acids is 2. The van der Waals surface area contributed by atoms with Crippen LogP contribution in [0.5, 0.6) is 11.5 Å². The van der Waals surface area contributed by atoms with Crippen LogP contribution in [0.2, 0.25) is 0 Å². The van der Waals surface area contributed by atoms with Crippen LogP contribution in [-0.4, -0.2) is 55.5 Å². The largest absolute Gasteiger partial charge is 0.454 e. The SMILES string of the molecule is CC1CN(C(=O)COC(=O)c2ccc3c(c2)OCO3)CC(C)O1. The molecule has 2 unspecified atom stereocenters. The summed E-state index contributed by atoms with van der Waals surface area (Å²) in [4.78, 5) is 25.9. The molecule has 1 aromatic carbocycles. The van der Waals surface area contributed by atoms with E-state index in [1.54, 1.807) is 23.1 Å². The van der Waals surface area contributed by atoms with E-state index in [2.05, 4.69) is 0 Å². The summed E-state index contributed by atoms with van der Waals surface area (Å²) in [5.41, 5.74) is 0.325. The lowest BCUT2D eigenvalue weighted by Crippen LogP contribution is -2.49. The first-order chi connectivity index (χ1) is 11.0. The van der Waals surface area contributed by atoms with Gasteiger partial charge in [-0.3, -0.25) is 4.79 Å². The third-order valence-electron chi connectivity index (χ3n) is 3.71. The van der Waals surface area contributed by atoms with Gasteiger partial charge in [-0.15, -0.1) is 0 Å². The predicted molar refractivity (Wildman–Crippen MR) is 79.4 cm³/mol. The molecule has 7 heteroatoms. The quantitative estimate of drug-likeness (QED) is 0.779. The van der Waals surface area contributed by atoms with Gasteiger partial charge in [-0.2, -0.15) is 0 Å². The summed E-state index contributed by atoms with van der Waals surface area (Å²) in [5, 5.41) is 0. The zero-order chi connectivity index (χ0) is 16.4. The molecule has 1 saturated heterocycles. The van der Waals surface area contributed by atoms with E-state index in [1.165, 1.54) is 0 Å². The van der Waals surface area contributed by atoms with Crippen LogP contribution in [0.4, 0.5) is 0 Å². The standard InChI is InChI=1S/C16H19NO6/c1-10-6-17(7-11(2)23-10)15(18)8-20-16(19)12-3-4-13-14(5-12)22-9-21-13/h3-5,10-11H,6-9H2,1-2H3. The average molecular weight is 321 g/mol. The van der Waals surface area contributed by atoms with E-state index in [4.69, 9.17) is 18.9 Å². The van der Waals surface area contributed by atoms with Gasteiger partial charge in [0.1, 0.15) is 0 Å². The van der Waals surface area contributed by atoms with Crippen molar-refractivity contribution in [2.75, 3.05) is 26.5 Å². The van der Waals surface area contributed by atoms with Gasteiger partial charge in [0, 0.05) is 13.1 Å². The van der Waals surface area contributed by atoms with Gasteiger partial charge >= 0.3 is 5.97 Å². The second-order valence-electron chi connectivity index (χ2n) is 5.70. The topological polar surface area (TPSA) is 74.3 Å². The minimum absolute atomic E-state index is 0.0211. The molecule has 2 aliphatic heterocycles. The van der Waals surface area contributed by atoms with E-state index in [0.29, 0.717) is 30.2 Å². The Kier molecular flexibility index (Phi) is 4.38. The Morgan fingerprint density at radius 2 is 1.87 bits per heavy atom. The third kappa shape index (κ3) is 3.56. The first-order valence-corrected chi connectivity index (χ1v) is 7.53. The molecule has 0 aromatic heterocycles. The van der Waals surface area contributed by atoms with Crippen molar-refractivity contribution in [1.29, 1.82) is 0 Å². The molecule has 0 aliphatic carbocycles. The van der Waals surface area contributed by atoms with E-state index in [-0.39, 0.29) is 31.5 Å². The van der Waals surface area contributed by atoms with Gasteiger partial charge in [-0.25, -0.2) is 4.79 Å². The van der Waals surface area contributed by atoms with Gasteiger partial charge in [-0.1, -0.05) is 0 Å². The molecule has 0 N–H and O–H groups in total. The van der Waals surface area contributed by atoms with Crippen LogP contribution in [0.15, 0.2) is 18.2 Å². The molecule has 0 saturated carbocycles. The highest BCUT2D eigenvalue weighted by Crippen LogP contribution is 2.32. The van der Waals surface area contributed by atoms with Crippen LogP contribution in [0.1, 0.15) is 24.2 Å². The highest BCUT2D eigenvalue weighted by Gasteiger charge is 2.26. The summed E-state index contributed by atoms with van der Waals surface area (Å²) in [5.74, 6) is 0.308. The highest BCUT2D eigenvalue weighted by atomic mass is 16.7. The number of carbonyl (C=O) groups is 2. The normalized spacial score (nSPS) is 22.8. The molecule has 2 aliphatic rings. The van der Waals surface area contributed by atoms with Crippen molar-refractivity contribution in [3.8, 4) is 11.5 Å². The van der Waals surface area contributed by atoms with Crippen LogP contribution in [0.3, 0.4) is 0 Å². The Hall–Kier alpha value is -2.28. The van der Waals surface area contributed by atoms with E-state index in [9.17, 15) is 9.59 Å². The smallest absolute Gasteiger partial charge is 0.338 e. The van der Waals surface area contributed by atoms with E-state index in [0.717, 1.165) is 0 Å². The molecule has 7 nitrogen and oxygen atoms in total. The summed E-state index contributed by atoms with van der Waals surface area (Å²) in [7, 11) is 0. The van der Waals surface area contributed by atoms with E-state index < -0.39 is 5.97 Å². The van der Waals surface area contributed by atoms with Gasteiger partial charge in [0.2, 0.25) is 6.79 Å². The average Bonchev–Trinajstić information content (AvgIpc) is 2.98. The molecule has 2 atom stereocenters. The van der Waals surface area contributed by atoms with Gasteiger partial charge in [0.25, 0.3) is 5.91 Å². The number of amides is 1. The zero-order valence-electron chi connectivity index (χ0n) is 13.1.